The van der Waals surface area contributed by atoms with Gasteiger partial charge in [0.2, 0.25) is 5.91 Å². The van der Waals surface area contributed by atoms with E-state index in [0.29, 0.717) is 19.1 Å². The van der Waals surface area contributed by atoms with Gasteiger partial charge in [0.25, 0.3) is 5.56 Å². The number of aryl methyl sites for hydroxylation is 1. The first-order valence-corrected chi connectivity index (χ1v) is 11.1. The lowest BCUT2D eigenvalue weighted by Crippen LogP contribution is -2.47. The van der Waals surface area contributed by atoms with Crippen molar-refractivity contribution in [2.75, 3.05) is 13.1 Å². The van der Waals surface area contributed by atoms with Crippen LogP contribution >= 0.6 is 0 Å². The van der Waals surface area contributed by atoms with Crippen LogP contribution in [0.5, 0.6) is 0 Å². The zero-order valence-corrected chi connectivity index (χ0v) is 17.8. The van der Waals surface area contributed by atoms with Gasteiger partial charge in [-0.3, -0.25) is 14.6 Å². The molecule has 3 aromatic rings. The Hall–Kier alpha value is -2.99. The van der Waals surface area contributed by atoms with E-state index in [0.717, 1.165) is 47.8 Å². The molecule has 2 atom stereocenters. The van der Waals surface area contributed by atoms with Crippen molar-refractivity contribution < 1.29 is 4.79 Å². The van der Waals surface area contributed by atoms with Crippen LogP contribution in [0, 0.1) is 5.92 Å². The van der Waals surface area contributed by atoms with Crippen molar-refractivity contribution in [3.63, 3.8) is 0 Å². The second kappa shape index (κ2) is 8.27. The van der Waals surface area contributed by atoms with Crippen LogP contribution < -0.4 is 10.9 Å². The number of piperidine rings is 1. The zero-order valence-electron chi connectivity index (χ0n) is 17.8. The monoisotopic (exact) mass is 416 g/mol. The molecule has 3 heterocycles. The summed E-state index contributed by atoms with van der Waals surface area (Å²) in [6, 6.07) is 14.2. The van der Waals surface area contributed by atoms with E-state index < -0.39 is 0 Å². The van der Waals surface area contributed by atoms with Crippen molar-refractivity contribution in [1.29, 1.82) is 0 Å². The van der Waals surface area contributed by atoms with Gasteiger partial charge in [0.1, 0.15) is 0 Å². The fraction of sp³-hybridized carbons (Fsp3) is 0.400. The van der Waals surface area contributed by atoms with Crippen LogP contribution in [0.15, 0.2) is 59.7 Å². The highest BCUT2D eigenvalue weighted by molar-refractivity contribution is 5.85. The first-order chi connectivity index (χ1) is 15.1. The predicted octanol–water partition coefficient (Wildman–Crippen LogP) is 2.82. The minimum Gasteiger partial charge on any atom is -0.333 e. The molecule has 31 heavy (non-hydrogen) atoms. The third-order valence-electron chi connectivity index (χ3n) is 6.70. The van der Waals surface area contributed by atoms with Gasteiger partial charge < -0.3 is 14.8 Å². The molecular weight excluding hydrogens is 388 g/mol. The second-order valence-corrected chi connectivity index (χ2v) is 8.79. The second-order valence-electron chi connectivity index (χ2n) is 8.79. The van der Waals surface area contributed by atoms with Crippen molar-refractivity contribution in [3.8, 4) is 0 Å². The molecule has 0 spiro atoms. The Balaban J connectivity index is 1.45. The summed E-state index contributed by atoms with van der Waals surface area (Å²) in [6.45, 7) is 2.04. The number of aromatic nitrogens is 2. The fourth-order valence-corrected chi connectivity index (χ4v) is 4.77. The Morgan fingerprint density at radius 2 is 2.03 bits per heavy atom. The van der Waals surface area contributed by atoms with Gasteiger partial charge in [-0.15, -0.1) is 0 Å². The minimum atomic E-state index is -0.170. The van der Waals surface area contributed by atoms with Gasteiger partial charge in [0.15, 0.2) is 0 Å². The number of fused-ring (bicyclic) bond motifs is 1. The van der Waals surface area contributed by atoms with Crippen LogP contribution in [0.3, 0.4) is 0 Å². The lowest BCUT2D eigenvalue weighted by molar-refractivity contribution is -0.138. The minimum absolute atomic E-state index is 0.0266. The van der Waals surface area contributed by atoms with E-state index in [-0.39, 0.29) is 23.3 Å². The molecule has 1 aliphatic carbocycles. The van der Waals surface area contributed by atoms with E-state index in [1.807, 2.05) is 35.4 Å². The van der Waals surface area contributed by atoms with E-state index >= 15 is 0 Å². The standard InChI is InChI=1S/C25H28N4O2/c1-28-13-10-18(14-24(28)30)20-9-11-26-15-22(20)25(31)29(19-6-7-19)16-23-21-5-3-2-4-17(21)8-12-27-23/h2-5,8,10,12-14,19-20,22,26H,6-7,9,11,15-16H2,1H3. The average molecular weight is 417 g/mol. The highest BCUT2D eigenvalue weighted by atomic mass is 16.2. The first kappa shape index (κ1) is 19.9. The third kappa shape index (κ3) is 4.00. The number of carbonyl (C=O) groups is 1. The smallest absolute Gasteiger partial charge is 0.250 e. The summed E-state index contributed by atoms with van der Waals surface area (Å²) in [5.74, 6) is 0.0657. The highest BCUT2D eigenvalue weighted by Crippen LogP contribution is 2.36. The summed E-state index contributed by atoms with van der Waals surface area (Å²) in [5, 5.41) is 5.65. The van der Waals surface area contributed by atoms with Gasteiger partial charge in [-0.05, 0) is 54.8 Å². The van der Waals surface area contributed by atoms with Gasteiger partial charge in [0.05, 0.1) is 18.2 Å². The van der Waals surface area contributed by atoms with E-state index in [1.165, 1.54) is 0 Å². The maximum absolute atomic E-state index is 13.8. The Morgan fingerprint density at radius 3 is 2.84 bits per heavy atom. The molecule has 6 heteroatoms. The summed E-state index contributed by atoms with van der Waals surface area (Å²) in [4.78, 5) is 32.7. The molecule has 1 amide bonds. The number of rotatable bonds is 5. The number of benzene rings is 1. The van der Waals surface area contributed by atoms with Crippen LogP contribution in [-0.2, 0) is 18.4 Å². The molecule has 2 fully saturated rings. The summed E-state index contributed by atoms with van der Waals surface area (Å²) < 4.78 is 1.57. The van der Waals surface area contributed by atoms with E-state index in [9.17, 15) is 9.59 Å². The van der Waals surface area contributed by atoms with Crippen LogP contribution in [-0.4, -0.2) is 39.5 Å². The molecule has 1 saturated carbocycles. The van der Waals surface area contributed by atoms with Crippen LogP contribution in [0.25, 0.3) is 10.8 Å². The lowest BCUT2D eigenvalue weighted by atomic mass is 9.80. The quantitative estimate of drug-likeness (QED) is 0.695. The molecule has 5 rings (SSSR count). The molecule has 2 aliphatic rings. The topological polar surface area (TPSA) is 67.2 Å². The molecule has 0 bridgehead atoms. The number of pyridine rings is 2. The summed E-state index contributed by atoms with van der Waals surface area (Å²) in [6.07, 6.45) is 6.59. The van der Waals surface area contributed by atoms with Gasteiger partial charge in [-0.1, -0.05) is 24.3 Å². The highest BCUT2D eigenvalue weighted by Gasteiger charge is 2.40. The largest absolute Gasteiger partial charge is 0.333 e. The predicted molar refractivity (Wildman–Crippen MR) is 121 cm³/mol. The maximum atomic E-state index is 13.8. The first-order valence-electron chi connectivity index (χ1n) is 11.1. The SMILES string of the molecule is Cn1ccc(C2CCNCC2C(=O)N(Cc2nccc3ccccc23)C2CC2)cc1=O. The molecule has 0 radical (unpaired) electrons. The van der Waals surface area contributed by atoms with Crippen molar-refractivity contribution >= 4 is 16.7 Å². The number of amides is 1. The molecular formula is C25H28N4O2. The third-order valence-corrected chi connectivity index (χ3v) is 6.70. The Labute approximate surface area is 181 Å². The fourth-order valence-electron chi connectivity index (χ4n) is 4.77. The molecule has 1 aliphatic heterocycles. The Bertz CT molecular complexity index is 1160. The van der Waals surface area contributed by atoms with Gasteiger partial charge in [0, 0.05) is 43.5 Å². The van der Waals surface area contributed by atoms with E-state index in [1.54, 1.807) is 23.9 Å². The molecule has 2 unspecified atom stereocenters. The zero-order chi connectivity index (χ0) is 21.4. The van der Waals surface area contributed by atoms with E-state index in [2.05, 4.69) is 22.4 Å². The summed E-state index contributed by atoms with van der Waals surface area (Å²) in [7, 11) is 1.75. The van der Waals surface area contributed by atoms with Gasteiger partial charge in [-0.2, -0.15) is 0 Å². The molecule has 1 saturated heterocycles. The number of carbonyl (C=O) groups excluding carboxylic acids is 1. The Kier molecular flexibility index (Phi) is 5.32. The number of nitrogens with one attached hydrogen (secondary N) is 1. The van der Waals surface area contributed by atoms with E-state index in [4.69, 9.17) is 0 Å². The van der Waals surface area contributed by atoms with Gasteiger partial charge >= 0.3 is 0 Å². The Morgan fingerprint density at radius 1 is 1.19 bits per heavy atom. The van der Waals surface area contributed by atoms with Crippen molar-refractivity contribution in [3.05, 3.63) is 76.5 Å². The van der Waals surface area contributed by atoms with Crippen molar-refractivity contribution in [1.82, 2.24) is 19.8 Å². The molecule has 1 aromatic carbocycles. The van der Waals surface area contributed by atoms with Crippen LogP contribution in [0.4, 0.5) is 0 Å². The summed E-state index contributed by atoms with van der Waals surface area (Å²) >= 11 is 0. The summed E-state index contributed by atoms with van der Waals surface area (Å²) in [5.41, 5.74) is 1.90. The van der Waals surface area contributed by atoms with Crippen LogP contribution in [0.2, 0.25) is 0 Å². The molecule has 160 valence electrons. The number of nitrogens with zero attached hydrogens (tertiary/aromatic N) is 3. The number of hydrogen-bond acceptors (Lipinski definition) is 4. The average Bonchev–Trinajstić information content (AvgIpc) is 3.64. The van der Waals surface area contributed by atoms with Crippen molar-refractivity contribution in [2.45, 2.75) is 37.8 Å². The number of hydrogen-bond donors (Lipinski definition) is 1. The van der Waals surface area contributed by atoms with Gasteiger partial charge in [-0.25, -0.2) is 0 Å². The van der Waals surface area contributed by atoms with Crippen LogP contribution in [0.1, 0.15) is 36.4 Å². The molecule has 6 nitrogen and oxygen atoms in total. The molecule has 2 aromatic heterocycles. The molecule has 1 N–H and O–H groups in total. The van der Waals surface area contributed by atoms with Crippen molar-refractivity contribution in [2.24, 2.45) is 13.0 Å². The lowest BCUT2D eigenvalue weighted by Gasteiger charge is -2.35. The normalized spacial score (nSPS) is 21.2. The maximum Gasteiger partial charge on any atom is 0.250 e.